The predicted molar refractivity (Wildman–Crippen MR) is 133 cm³/mol. The van der Waals surface area contributed by atoms with E-state index >= 15 is 0 Å². The van der Waals surface area contributed by atoms with Crippen molar-refractivity contribution in [2.45, 2.75) is 56.7 Å². The minimum atomic E-state index is -0.526. The fourth-order valence-electron chi connectivity index (χ4n) is 6.36. The number of nitrogens with one attached hydrogen (secondary N) is 1. The number of amides is 2. The number of para-hydroxylation sites is 1. The van der Waals surface area contributed by atoms with Gasteiger partial charge in [-0.3, -0.25) is 9.59 Å². The van der Waals surface area contributed by atoms with E-state index < -0.39 is 12.1 Å². The van der Waals surface area contributed by atoms with Crippen LogP contribution in [0, 0.1) is 0 Å². The average Bonchev–Trinajstić information content (AvgIpc) is 3.28. The zero-order valence-corrected chi connectivity index (χ0v) is 20.3. The minimum Gasteiger partial charge on any atom is -0.497 e. The van der Waals surface area contributed by atoms with Gasteiger partial charge in [-0.25, -0.2) is 0 Å². The molecule has 182 valence electrons. The first-order valence-corrected chi connectivity index (χ1v) is 12.5. The van der Waals surface area contributed by atoms with E-state index in [0.717, 1.165) is 53.4 Å². The summed E-state index contributed by atoms with van der Waals surface area (Å²) in [4.78, 5) is 35.1. The first kappa shape index (κ1) is 22.0. The van der Waals surface area contributed by atoms with Crippen LogP contribution in [0.4, 0.5) is 0 Å². The van der Waals surface area contributed by atoms with Gasteiger partial charge in [0.1, 0.15) is 30.1 Å². The number of fused-ring (bicyclic) bond motifs is 4. The van der Waals surface area contributed by atoms with Crippen molar-refractivity contribution in [2.24, 2.45) is 0 Å². The highest BCUT2D eigenvalue weighted by Gasteiger charge is 2.50. The summed E-state index contributed by atoms with van der Waals surface area (Å²) in [5.41, 5.74) is 3.92. The number of hydrogen-bond acceptors (Lipinski definition) is 4. The number of H-pyrrole nitrogens is 1. The van der Waals surface area contributed by atoms with Crippen LogP contribution in [0.2, 0.25) is 0 Å². The van der Waals surface area contributed by atoms with Crippen molar-refractivity contribution in [1.29, 1.82) is 0 Å². The SMILES string of the molecule is COc1ccc([C@@H]2c3[nH]c4ccccc4c3C[C@H]3C(=O)N(C4CCCCC4)CC(=O)N23)c(OC)c1. The number of aromatic amines is 1. The van der Waals surface area contributed by atoms with Crippen molar-refractivity contribution in [3.8, 4) is 11.5 Å². The maximum absolute atomic E-state index is 14.0. The Kier molecular flexibility index (Phi) is 5.43. The number of carbonyl (C=O) groups excluding carboxylic acids is 2. The van der Waals surface area contributed by atoms with E-state index in [1.807, 2.05) is 46.2 Å². The van der Waals surface area contributed by atoms with Gasteiger partial charge in [0.15, 0.2) is 0 Å². The van der Waals surface area contributed by atoms with Crippen LogP contribution in [-0.2, 0) is 16.0 Å². The molecule has 1 aromatic heterocycles. The first-order valence-electron chi connectivity index (χ1n) is 12.5. The van der Waals surface area contributed by atoms with E-state index in [-0.39, 0.29) is 24.4 Å². The second kappa shape index (κ2) is 8.63. The van der Waals surface area contributed by atoms with Crippen LogP contribution < -0.4 is 9.47 Å². The Morgan fingerprint density at radius 3 is 2.54 bits per heavy atom. The fraction of sp³-hybridized carbons (Fsp3) is 0.429. The molecule has 7 nitrogen and oxygen atoms in total. The number of methoxy groups -OCH3 is 2. The molecule has 2 aromatic carbocycles. The highest BCUT2D eigenvalue weighted by Crippen LogP contribution is 2.46. The predicted octanol–water partition coefficient (Wildman–Crippen LogP) is 4.20. The summed E-state index contributed by atoms with van der Waals surface area (Å²) < 4.78 is 11.2. The fourth-order valence-corrected chi connectivity index (χ4v) is 6.36. The Hall–Kier alpha value is -3.48. The van der Waals surface area contributed by atoms with Crippen LogP contribution in [0.1, 0.15) is 55.0 Å². The highest BCUT2D eigenvalue weighted by atomic mass is 16.5. The zero-order valence-electron chi connectivity index (χ0n) is 20.3. The van der Waals surface area contributed by atoms with Gasteiger partial charge in [0.2, 0.25) is 11.8 Å². The molecule has 3 heterocycles. The van der Waals surface area contributed by atoms with Crippen LogP contribution in [0.25, 0.3) is 10.9 Å². The van der Waals surface area contributed by atoms with Crippen LogP contribution in [0.5, 0.6) is 11.5 Å². The molecule has 0 spiro atoms. The molecule has 0 unspecified atom stereocenters. The minimum absolute atomic E-state index is 0.00708. The normalized spacial score (nSPS) is 22.8. The van der Waals surface area contributed by atoms with Gasteiger partial charge in [-0.05, 0) is 36.6 Å². The third-order valence-corrected chi connectivity index (χ3v) is 8.04. The molecule has 35 heavy (non-hydrogen) atoms. The molecule has 1 saturated heterocycles. The van der Waals surface area contributed by atoms with Crippen molar-refractivity contribution in [1.82, 2.24) is 14.8 Å². The molecular weight excluding hydrogens is 442 g/mol. The van der Waals surface area contributed by atoms with Crippen molar-refractivity contribution in [2.75, 3.05) is 20.8 Å². The van der Waals surface area contributed by atoms with Crippen LogP contribution in [0.3, 0.4) is 0 Å². The van der Waals surface area contributed by atoms with Gasteiger partial charge in [-0.2, -0.15) is 0 Å². The molecule has 3 aliphatic rings. The average molecular weight is 474 g/mol. The maximum Gasteiger partial charge on any atom is 0.246 e. The van der Waals surface area contributed by atoms with E-state index in [1.54, 1.807) is 14.2 Å². The molecule has 2 aliphatic heterocycles. The number of carbonyl (C=O) groups is 2. The molecular formula is C28H31N3O4. The van der Waals surface area contributed by atoms with Gasteiger partial charge in [-0.15, -0.1) is 0 Å². The summed E-state index contributed by atoms with van der Waals surface area (Å²) in [6.07, 6.45) is 5.94. The van der Waals surface area contributed by atoms with Gasteiger partial charge in [0.25, 0.3) is 0 Å². The summed E-state index contributed by atoms with van der Waals surface area (Å²) in [5, 5.41) is 1.11. The zero-order chi connectivity index (χ0) is 24.1. The smallest absolute Gasteiger partial charge is 0.246 e. The van der Waals surface area contributed by atoms with Gasteiger partial charge in [-0.1, -0.05) is 37.5 Å². The summed E-state index contributed by atoms with van der Waals surface area (Å²) in [5.74, 6) is 1.38. The van der Waals surface area contributed by atoms with Crippen LogP contribution in [0.15, 0.2) is 42.5 Å². The highest BCUT2D eigenvalue weighted by molar-refractivity contribution is 5.98. The van der Waals surface area contributed by atoms with Gasteiger partial charge < -0.3 is 24.3 Å². The maximum atomic E-state index is 14.0. The van der Waals surface area contributed by atoms with Crippen molar-refractivity contribution >= 4 is 22.7 Å². The Labute approximate surface area is 205 Å². The first-order chi connectivity index (χ1) is 17.1. The Morgan fingerprint density at radius 1 is 0.971 bits per heavy atom. The lowest BCUT2D eigenvalue weighted by molar-refractivity contribution is -0.161. The Morgan fingerprint density at radius 2 is 1.77 bits per heavy atom. The van der Waals surface area contributed by atoms with Gasteiger partial charge in [0, 0.05) is 40.7 Å². The second-order valence-corrected chi connectivity index (χ2v) is 9.85. The molecule has 6 rings (SSSR count). The molecule has 1 N–H and O–H groups in total. The van der Waals surface area contributed by atoms with Crippen molar-refractivity contribution in [3.63, 3.8) is 0 Å². The van der Waals surface area contributed by atoms with Crippen LogP contribution in [-0.4, -0.2) is 59.4 Å². The van der Waals surface area contributed by atoms with Gasteiger partial charge >= 0.3 is 0 Å². The largest absolute Gasteiger partial charge is 0.497 e. The second-order valence-electron chi connectivity index (χ2n) is 9.85. The molecule has 2 amide bonds. The van der Waals surface area contributed by atoms with Crippen LogP contribution >= 0.6 is 0 Å². The number of benzene rings is 2. The molecule has 2 fully saturated rings. The molecule has 1 saturated carbocycles. The lowest BCUT2D eigenvalue weighted by atomic mass is 9.84. The lowest BCUT2D eigenvalue weighted by Crippen LogP contribution is -2.65. The lowest BCUT2D eigenvalue weighted by Gasteiger charge is -2.49. The molecule has 7 heteroatoms. The number of rotatable bonds is 4. The van der Waals surface area contributed by atoms with E-state index in [4.69, 9.17) is 9.47 Å². The quantitative estimate of drug-likeness (QED) is 0.616. The standard InChI is InChI=1S/C28H31N3O4/c1-34-18-12-13-20(24(14-18)35-2)27-26-21(19-10-6-7-11-22(19)29-26)15-23-28(33)30(16-25(32)31(23)27)17-8-4-3-5-9-17/h6-7,10-14,17,23,27,29H,3-5,8-9,15-16H2,1-2H3/t23-,27+/m0/s1. The topological polar surface area (TPSA) is 74.9 Å². The number of nitrogens with zero attached hydrogens (tertiary/aromatic N) is 2. The third-order valence-electron chi connectivity index (χ3n) is 8.04. The van der Waals surface area contributed by atoms with E-state index in [0.29, 0.717) is 17.9 Å². The number of ether oxygens (including phenoxy) is 2. The van der Waals surface area contributed by atoms with E-state index in [1.165, 1.54) is 6.42 Å². The van der Waals surface area contributed by atoms with E-state index in [2.05, 4.69) is 11.1 Å². The molecule has 1 aliphatic carbocycles. The van der Waals surface area contributed by atoms with Crippen molar-refractivity contribution in [3.05, 3.63) is 59.3 Å². The molecule has 0 radical (unpaired) electrons. The third kappa shape index (κ3) is 3.48. The summed E-state index contributed by atoms with van der Waals surface area (Å²) in [7, 11) is 3.24. The monoisotopic (exact) mass is 473 g/mol. The Bertz CT molecular complexity index is 1290. The summed E-state index contributed by atoms with van der Waals surface area (Å²) >= 11 is 0. The van der Waals surface area contributed by atoms with Crippen molar-refractivity contribution < 1.29 is 19.1 Å². The number of piperazine rings is 1. The number of aromatic nitrogens is 1. The molecule has 0 bridgehead atoms. The van der Waals surface area contributed by atoms with E-state index in [9.17, 15) is 9.59 Å². The molecule has 3 aromatic rings. The van der Waals surface area contributed by atoms with Gasteiger partial charge in [0.05, 0.1) is 14.2 Å². The number of hydrogen-bond donors (Lipinski definition) is 1. The Balaban J connectivity index is 1.51. The summed E-state index contributed by atoms with van der Waals surface area (Å²) in [6, 6.07) is 13.0. The summed E-state index contributed by atoms with van der Waals surface area (Å²) in [6.45, 7) is 0.143. The molecule has 2 atom stereocenters.